The highest BCUT2D eigenvalue weighted by Crippen LogP contribution is 2.44. The van der Waals surface area contributed by atoms with E-state index in [2.05, 4.69) is 15.6 Å². The third-order valence-electron chi connectivity index (χ3n) is 5.64. The Morgan fingerprint density at radius 2 is 1.68 bits per heavy atom. The first kappa shape index (κ1) is 23.3. The van der Waals surface area contributed by atoms with Crippen molar-refractivity contribution in [2.24, 2.45) is 0 Å². The SMILES string of the molecule is O=C(O)CC(NC(=O)OCC1c2ccccc2-c2ccccc21)C(=O)NCc1ccncc1Cl. The molecule has 0 saturated heterocycles. The number of carboxylic acid groups (broad SMARTS) is 1. The van der Waals surface area contributed by atoms with Gasteiger partial charge in [0, 0.05) is 24.9 Å². The van der Waals surface area contributed by atoms with Crippen LogP contribution in [0.5, 0.6) is 0 Å². The maximum Gasteiger partial charge on any atom is 0.407 e. The number of fused-ring (bicyclic) bond motifs is 3. The van der Waals surface area contributed by atoms with Crippen LogP contribution in [0.15, 0.2) is 67.0 Å². The third-order valence-corrected chi connectivity index (χ3v) is 5.98. The van der Waals surface area contributed by atoms with Crippen LogP contribution in [-0.2, 0) is 20.9 Å². The van der Waals surface area contributed by atoms with Gasteiger partial charge in [0.2, 0.25) is 5.91 Å². The van der Waals surface area contributed by atoms with Gasteiger partial charge in [-0.15, -0.1) is 0 Å². The van der Waals surface area contributed by atoms with Crippen LogP contribution >= 0.6 is 11.6 Å². The fraction of sp³-hybridized carbons (Fsp3) is 0.200. The van der Waals surface area contributed by atoms with Crippen LogP contribution in [0.1, 0.15) is 29.0 Å². The van der Waals surface area contributed by atoms with Gasteiger partial charge in [-0.25, -0.2) is 4.79 Å². The monoisotopic (exact) mass is 479 g/mol. The number of carbonyl (C=O) groups excluding carboxylic acids is 2. The number of pyridine rings is 1. The molecule has 34 heavy (non-hydrogen) atoms. The van der Waals surface area contributed by atoms with E-state index in [1.165, 1.54) is 12.4 Å². The Morgan fingerprint density at radius 3 is 2.29 bits per heavy atom. The first-order valence-electron chi connectivity index (χ1n) is 10.6. The molecule has 0 fully saturated rings. The zero-order chi connectivity index (χ0) is 24.1. The zero-order valence-electron chi connectivity index (χ0n) is 18.0. The van der Waals surface area contributed by atoms with Gasteiger partial charge in [-0.1, -0.05) is 60.1 Å². The Morgan fingerprint density at radius 1 is 1.03 bits per heavy atom. The summed E-state index contributed by atoms with van der Waals surface area (Å²) in [5.74, 6) is -2.05. The molecule has 0 bridgehead atoms. The molecule has 1 unspecified atom stereocenters. The van der Waals surface area contributed by atoms with E-state index in [0.29, 0.717) is 10.6 Å². The molecule has 4 rings (SSSR count). The lowest BCUT2D eigenvalue weighted by Crippen LogP contribution is -2.48. The van der Waals surface area contributed by atoms with Crippen LogP contribution in [0.2, 0.25) is 5.02 Å². The maximum absolute atomic E-state index is 12.6. The van der Waals surface area contributed by atoms with Crippen molar-refractivity contribution in [1.82, 2.24) is 15.6 Å². The number of hydrogen-bond donors (Lipinski definition) is 3. The minimum absolute atomic E-state index is 0.0495. The Labute approximate surface area is 200 Å². The van der Waals surface area contributed by atoms with Gasteiger partial charge >= 0.3 is 12.1 Å². The highest BCUT2D eigenvalue weighted by Gasteiger charge is 2.30. The number of nitrogens with one attached hydrogen (secondary N) is 2. The first-order valence-corrected chi connectivity index (χ1v) is 11.0. The number of nitrogens with zero attached hydrogens (tertiary/aromatic N) is 1. The molecule has 1 aromatic heterocycles. The van der Waals surface area contributed by atoms with Crippen molar-refractivity contribution in [3.05, 3.63) is 88.7 Å². The molecule has 3 N–H and O–H groups in total. The highest BCUT2D eigenvalue weighted by molar-refractivity contribution is 6.31. The predicted molar refractivity (Wildman–Crippen MR) is 125 cm³/mol. The molecule has 2 amide bonds. The van der Waals surface area contributed by atoms with Crippen molar-refractivity contribution >= 4 is 29.6 Å². The van der Waals surface area contributed by atoms with Gasteiger partial charge in [0.25, 0.3) is 0 Å². The molecule has 1 heterocycles. The largest absolute Gasteiger partial charge is 0.481 e. The minimum atomic E-state index is -1.31. The fourth-order valence-corrected chi connectivity index (χ4v) is 4.21. The van der Waals surface area contributed by atoms with Crippen LogP contribution in [0.4, 0.5) is 4.79 Å². The first-order chi connectivity index (χ1) is 16.4. The quantitative estimate of drug-likeness (QED) is 0.453. The van der Waals surface area contributed by atoms with Crippen molar-refractivity contribution < 1.29 is 24.2 Å². The number of hydrogen-bond acceptors (Lipinski definition) is 5. The van der Waals surface area contributed by atoms with Crippen molar-refractivity contribution in [3.8, 4) is 11.1 Å². The summed E-state index contributed by atoms with van der Waals surface area (Å²) in [6, 6.07) is 16.1. The summed E-state index contributed by atoms with van der Waals surface area (Å²) < 4.78 is 5.43. The smallest absolute Gasteiger partial charge is 0.407 e. The summed E-state index contributed by atoms with van der Waals surface area (Å²) in [4.78, 5) is 40.2. The van der Waals surface area contributed by atoms with Crippen molar-refractivity contribution in [1.29, 1.82) is 0 Å². The molecule has 9 heteroatoms. The van der Waals surface area contributed by atoms with Gasteiger partial charge in [-0.3, -0.25) is 14.6 Å². The molecule has 8 nitrogen and oxygen atoms in total. The van der Waals surface area contributed by atoms with Gasteiger partial charge in [0.05, 0.1) is 11.4 Å². The van der Waals surface area contributed by atoms with Gasteiger partial charge in [0.15, 0.2) is 0 Å². The molecule has 0 spiro atoms. The summed E-state index contributed by atoms with van der Waals surface area (Å²) in [5, 5.41) is 14.5. The van der Waals surface area contributed by atoms with Crippen molar-refractivity contribution in [2.75, 3.05) is 6.61 Å². The number of aromatic nitrogens is 1. The van der Waals surface area contributed by atoms with E-state index in [4.69, 9.17) is 16.3 Å². The maximum atomic E-state index is 12.6. The lowest BCUT2D eigenvalue weighted by Gasteiger charge is -2.19. The third kappa shape index (κ3) is 5.18. The lowest BCUT2D eigenvalue weighted by atomic mass is 9.98. The molecule has 1 aliphatic rings. The molecule has 0 aliphatic heterocycles. The van der Waals surface area contributed by atoms with E-state index in [-0.39, 0.29) is 19.1 Å². The van der Waals surface area contributed by atoms with E-state index in [0.717, 1.165) is 22.3 Å². The van der Waals surface area contributed by atoms with Gasteiger partial charge in [-0.2, -0.15) is 0 Å². The van der Waals surface area contributed by atoms with Crippen LogP contribution in [-0.4, -0.2) is 40.7 Å². The second-order valence-corrected chi connectivity index (χ2v) is 8.21. The summed E-state index contributed by atoms with van der Waals surface area (Å²) >= 11 is 6.03. The molecule has 0 saturated carbocycles. The molecule has 0 radical (unpaired) electrons. The fourth-order valence-electron chi connectivity index (χ4n) is 4.02. The number of carboxylic acids is 1. The standard InChI is InChI=1S/C25H22ClN3O5/c26-21-13-27-10-9-15(21)12-28-24(32)22(11-23(30)31)29-25(33)34-14-20-18-7-3-1-5-16(18)17-6-2-4-8-19(17)20/h1-10,13,20,22H,11-12,14H2,(H,28,32)(H,29,33)(H,30,31). The molecule has 2 aromatic carbocycles. The second-order valence-electron chi connectivity index (χ2n) is 7.81. The minimum Gasteiger partial charge on any atom is -0.481 e. The summed E-state index contributed by atoms with van der Waals surface area (Å²) in [5.41, 5.74) is 4.88. The van der Waals surface area contributed by atoms with Crippen LogP contribution in [0, 0.1) is 0 Å². The molecule has 3 aromatic rings. The van der Waals surface area contributed by atoms with E-state index < -0.39 is 30.4 Å². The highest BCUT2D eigenvalue weighted by atomic mass is 35.5. The van der Waals surface area contributed by atoms with E-state index in [1.54, 1.807) is 6.07 Å². The van der Waals surface area contributed by atoms with E-state index >= 15 is 0 Å². The molecule has 1 atom stereocenters. The number of ether oxygens (including phenoxy) is 1. The van der Waals surface area contributed by atoms with E-state index in [9.17, 15) is 19.5 Å². The number of halogens is 1. The number of aliphatic carboxylic acids is 1. The molecular weight excluding hydrogens is 458 g/mol. The topological polar surface area (TPSA) is 118 Å². The summed E-state index contributed by atoms with van der Waals surface area (Å²) in [7, 11) is 0. The van der Waals surface area contributed by atoms with Crippen molar-refractivity contribution in [2.45, 2.75) is 24.9 Å². The van der Waals surface area contributed by atoms with E-state index in [1.807, 2.05) is 48.5 Å². The normalized spacial score (nSPS) is 12.9. The number of rotatable bonds is 8. The van der Waals surface area contributed by atoms with Crippen LogP contribution < -0.4 is 10.6 Å². The average molecular weight is 480 g/mol. The Kier molecular flexibility index (Phi) is 7.08. The molecule has 174 valence electrons. The predicted octanol–water partition coefficient (Wildman–Crippen LogP) is 3.73. The number of carbonyl (C=O) groups is 3. The van der Waals surface area contributed by atoms with Crippen molar-refractivity contribution in [3.63, 3.8) is 0 Å². The van der Waals surface area contributed by atoms with Crippen LogP contribution in [0.25, 0.3) is 11.1 Å². The second kappa shape index (κ2) is 10.4. The zero-order valence-corrected chi connectivity index (χ0v) is 18.8. The van der Waals surface area contributed by atoms with Gasteiger partial charge in [-0.05, 0) is 33.9 Å². The Hall–Kier alpha value is -3.91. The lowest BCUT2D eigenvalue weighted by molar-refractivity contribution is -0.139. The summed E-state index contributed by atoms with van der Waals surface area (Å²) in [6.45, 7) is 0.108. The number of alkyl carbamates (subject to hydrolysis) is 1. The summed E-state index contributed by atoms with van der Waals surface area (Å²) in [6.07, 6.45) is 1.49. The Bertz CT molecular complexity index is 1190. The Balaban J connectivity index is 1.39. The van der Waals surface area contributed by atoms with Crippen LogP contribution in [0.3, 0.4) is 0 Å². The van der Waals surface area contributed by atoms with Gasteiger partial charge in [0.1, 0.15) is 12.6 Å². The molecular formula is C25H22ClN3O5. The van der Waals surface area contributed by atoms with Gasteiger partial charge < -0.3 is 20.5 Å². The molecule has 1 aliphatic carbocycles. The number of amides is 2. The average Bonchev–Trinajstić information content (AvgIpc) is 3.15. The number of benzene rings is 2.